The molecule has 7 nitrogen and oxygen atoms in total. The lowest BCUT2D eigenvalue weighted by atomic mass is 10.2. The van der Waals surface area contributed by atoms with Crippen LogP contribution in [0.3, 0.4) is 0 Å². The van der Waals surface area contributed by atoms with E-state index < -0.39 is 0 Å². The van der Waals surface area contributed by atoms with Gasteiger partial charge in [0.05, 0.1) is 24.9 Å². The predicted molar refractivity (Wildman–Crippen MR) is 149 cm³/mol. The summed E-state index contributed by atoms with van der Waals surface area (Å²) in [6, 6.07) is 3.57. The van der Waals surface area contributed by atoms with Gasteiger partial charge in [-0.1, -0.05) is 43.6 Å². The van der Waals surface area contributed by atoms with E-state index in [9.17, 15) is 9.18 Å². The topological polar surface area (TPSA) is 85.4 Å². The number of ether oxygens (including phenoxy) is 2. The SMILES string of the molecule is CC.CC.CNC(=O)CCCCCOc1cc2ncnc(NC3=CC=C(Br)CC=C3F)c2cc1OC. The maximum atomic E-state index is 14.4. The van der Waals surface area contributed by atoms with Gasteiger partial charge in [-0.2, -0.15) is 0 Å². The van der Waals surface area contributed by atoms with Crippen LogP contribution >= 0.6 is 15.9 Å². The summed E-state index contributed by atoms with van der Waals surface area (Å²) in [5.41, 5.74) is 0.962. The number of fused-ring (bicyclic) bond motifs is 1. The van der Waals surface area contributed by atoms with E-state index in [2.05, 4.69) is 36.5 Å². The van der Waals surface area contributed by atoms with Crippen LogP contribution in [0.1, 0.15) is 59.8 Å². The van der Waals surface area contributed by atoms with Crippen LogP contribution in [-0.2, 0) is 4.79 Å². The second-order valence-corrected chi connectivity index (χ2v) is 8.17. The number of carbonyl (C=O) groups is 1. The molecule has 36 heavy (non-hydrogen) atoms. The molecule has 0 unspecified atom stereocenters. The van der Waals surface area contributed by atoms with E-state index in [0.717, 1.165) is 23.7 Å². The molecule has 1 aliphatic carbocycles. The molecule has 0 aliphatic heterocycles. The van der Waals surface area contributed by atoms with Gasteiger partial charge in [0.2, 0.25) is 5.91 Å². The highest BCUT2D eigenvalue weighted by Crippen LogP contribution is 2.35. The van der Waals surface area contributed by atoms with Crippen LogP contribution in [0.2, 0.25) is 0 Å². The van der Waals surface area contributed by atoms with Crippen LogP contribution in [0.25, 0.3) is 10.9 Å². The Bertz CT molecular complexity index is 1070. The molecule has 0 saturated carbocycles. The van der Waals surface area contributed by atoms with Crippen molar-refractivity contribution >= 4 is 38.6 Å². The van der Waals surface area contributed by atoms with Crippen LogP contribution in [0.15, 0.2) is 52.7 Å². The van der Waals surface area contributed by atoms with Crippen molar-refractivity contribution in [1.82, 2.24) is 15.3 Å². The van der Waals surface area contributed by atoms with Gasteiger partial charge in [0.1, 0.15) is 18.0 Å². The van der Waals surface area contributed by atoms with Crippen molar-refractivity contribution in [3.8, 4) is 11.5 Å². The van der Waals surface area contributed by atoms with E-state index in [4.69, 9.17) is 9.47 Å². The fraction of sp³-hybridized carbons (Fsp3) is 0.444. The average Bonchev–Trinajstić information content (AvgIpc) is 3.08. The number of anilines is 1. The second kappa shape index (κ2) is 17.5. The van der Waals surface area contributed by atoms with Gasteiger partial charge in [0.15, 0.2) is 11.5 Å². The number of aromatic nitrogens is 2. The molecule has 1 amide bonds. The van der Waals surface area contributed by atoms with Gasteiger partial charge in [-0.15, -0.1) is 0 Å². The number of unbranched alkanes of at least 4 members (excludes halogenated alkanes) is 2. The Hall–Kier alpha value is -2.94. The molecule has 1 aromatic heterocycles. The fourth-order valence-electron chi connectivity index (χ4n) is 3.15. The van der Waals surface area contributed by atoms with Gasteiger partial charge >= 0.3 is 0 Å². The summed E-state index contributed by atoms with van der Waals surface area (Å²) >= 11 is 3.39. The maximum absolute atomic E-state index is 14.4. The number of nitrogens with zero attached hydrogens (tertiary/aromatic N) is 2. The highest BCUT2D eigenvalue weighted by Gasteiger charge is 2.14. The Morgan fingerprint density at radius 3 is 2.53 bits per heavy atom. The van der Waals surface area contributed by atoms with Gasteiger partial charge in [0.25, 0.3) is 0 Å². The zero-order valence-corrected chi connectivity index (χ0v) is 23.7. The Labute approximate surface area is 222 Å². The first-order valence-corrected chi connectivity index (χ1v) is 13.2. The van der Waals surface area contributed by atoms with Crippen LogP contribution in [0, 0.1) is 0 Å². The Kier molecular flexibility index (Phi) is 15.1. The molecule has 0 bridgehead atoms. The van der Waals surface area contributed by atoms with Gasteiger partial charge in [-0.25, -0.2) is 14.4 Å². The molecule has 0 saturated heterocycles. The molecule has 2 N–H and O–H groups in total. The largest absolute Gasteiger partial charge is 0.493 e. The summed E-state index contributed by atoms with van der Waals surface area (Å²) in [5, 5.41) is 6.36. The summed E-state index contributed by atoms with van der Waals surface area (Å²) < 4.78 is 26.7. The van der Waals surface area contributed by atoms with E-state index in [1.54, 1.807) is 38.4 Å². The number of benzene rings is 1. The van der Waals surface area contributed by atoms with Crippen LogP contribution in [0.4, 0.5) is 10.2 Å². The summed E-state index contributed by atoms with van der Waals surface area (Å²) in [5.74, 6) is 1.27. The minimum Gasteiger partial charge on any atom is -0.493 e. The van der Waals surface area contributed by atoms with Crippen LogP contribution in [0.5, 0.6) is 11.5 Å². The van der Waals surface area contributed by atoms with E-state index in [0.29, 0.717) is 53.4 Å². The van der Waals surface area contributed by atoms with E-state index in [1.807, 2.05) is 27.7 Å². The first kappa shape index (κ1) is 31.1. The third-order valence-electron chi connectivity index (χ3n) is 4.92. The first-order chi connectivity index (χ1) is 17.5. The number of methoxy groups -OCH3 is 1. The highest BCUT2D eigenvalue weighted by molar-refractivity contribution is 9.11. The van der Waals surface area contributed by atoms with Crippen molar-refractivity contribution in [2.24, 2.45) is 0 Å². The number of rotatable bonds is 10. The first-order valence-electron chi connectivity index (χ1n) is 12.4. The van der Waals surface area contributed by atoms with E-state index >= 15 is 0 Å². The quantitative estimate of drug-likeness (QED) is 0.296. The lowest BCUT2D eigenvalue weighted by Gasteiger charge is -2.14. The highest BCUT2D eigenvalue weighted by atomic mass is 79.9. The van der Waals surface area contributed by atoms with Crippen molar-refractivity contribution < 1.29 is 18.7 Å². The number of allylic oxidation sites excluding steroid dienone is 5. The minimum absolute atomic E-state index is 0.0462. The third-order valence-corrected chi connectivity index (χ3v) is 5.51. The fourth-order valence-corrected chi connectivity index (χ4v) is 3.45. The zero-order chi connectivity index (χ0) is 26.9. The van der Waals surface area contributed by atoms with Gasteiger partial charge in [-0.05, 0) is 48.0 Å². The molecule has 1 aromatic carbocycles. The van der Waals surface area contributed by atoms with E-state index in [-0.39, 0.29) is 11.7 Å². The van der Waals surface area contributed by atoms with Crippen LogP contribution < -0.4 is 20.1 Å². The molecular weight excluding hydrogens is 527 g/mol. The molecule has 3 rings (SSSR count). The third kappa shape index (κ3) is 9.60. The van der Waals surface area contributed by atoms with Crippen molar-refractivity contribution in [3.63, 3.8) is 0 Å². The molecule has 0 radical (unpaired) electrons. The van der Waals surface area contributed by atoms with Gasteiger partial charge in [0, 0.05) is 31.3 Å². The number of hydrogen-bond acceptors (Lipinski definition) is 6. The summed E-state index contributed by atoms with van der Waals surface area (Å²) in [7, 11) is 3.20. The monoisotopic (exact) mass is 564 g/mol. The number of carbonyl (C=O) groups excluding carboxylic acids is 1. The van der Waals surface area contributed by atoms with Crippen molar-refractivity contribution in [3.05, 3.63) is 52.7 Å². The Morgan fingerprint density at radius 1 is 1.08 bits per heavy atom. The van der Waals surface area contributed by atoms with Gasteiger partial charge < -0.3 is 20.1 Å². The molecule has 1 aliphatic rings. The molecule has 0 spiro atoms. The normalized spacial score (nSPS) is 12.4. The Balaban J connectivity index is 0.00000154. The number of halogens is 2. The van der Waals surface area contributed by atoms with Gasteiger partial charge in [-0.3, -0.25) is 4.79 Å². The summed E-state index contributed by atoms with van der Waals surface area (Å²) in [6.45, 7) is 8.50. The molecule has 0 atom stereocenters. The minimum atomic E-state index is -0.356. The molecular formula is C27H38BrFN4O3. The average molecular weight is 566 g/mol. The van der Waals surface area contributed by atoms with Crippen LogP contribution in [-0.4, -0.2) is 36.6 Å². The molecule has 2 aromatic rings. The molecule has 9 heteroatoms. The number of hydrogen-bond donors (Lipinski definition) is 2. The lowest BCUT2D eigenvalue weighted by Crippen LogP contribution is -2.16. The molecule has 198 valence electrons. The summed E-state index contributed by atoms with van der Waals surface area (Å²) in [4.78, 5) is 19.9. The van der Waals surface area contributed by atoms with Crippen molar-refractivity contribution in [1.29, 1.82) is 0 Å². The van der Waals surface area contributed by atoms with Crippen molar-refractivity contribution in [2.75, 3.05) is 26.1 Å². The zero-order valence-electron chi connectivity index (χ0n) is 22.1. The number of amides is 1. The van der Waals surface area contributed by atoms with E-state index in [1.165, 1.54) is 12.4 Å². The smallest absolute Gasteiger partial charge is 0.219 e. The Morgan fingerprint density at radius 2 is 1.83 bits per heavy atom. The second-order valence-electron chi connectivity index (χ2n) is 7.15. The summed E-state index contributed by atoms with van der Waals surface area (Å²) in [6.07, 6.45) is 9.90. The maximum Gasteiger partial charge on any atom is 0.219 e. The molecule has 0 fully saturated rings. The van der Waals surface area contributed by atoms with Crippen molar-refractivity contribution in [2.45, 2.75) is 59.8 Å². The number of nitrogens with one attached hydrogen (secondary N) is 2. The standard InChI is InChI=1S/C23H26BrFN4O3.2C2H6/c1-26-22(30)6-4-3-5-11-32-21-13-19-16(12-20(21)31-2)23(28-14-27-19)29-18-10-8-15(24)7-9-17(18)25;2*1-2/h8-10,12-14H,3-7,11H2,1-2H3,(H,26,30)(H,27,28,29);2*1-2H3. The predicted octanol–water partition coefficient (Wildman–Crippen LogP) is 7.21. The lowest BCUT2D eigenvalue weighted by molar-refractivity contribution is -0.120. The molecule has 1 heterocycles.